The molecule has 0 bridgehead atoms. The fraction of sp³-hybridized carbons (Fsp3) is 1.00. The summed E-state index contributed by atoms with van der Waals surface area (Å²) in [5.41, 5.74) is 1.56. The normalized spacial score (nSPS) is 20.3. The molecule has 0 radical (unpaired) electrons. The molecular formula is C13H28. The van der Waals surface area contributed by atoms with Crippen LogP contribution in [0.15, 0.2) is 0 Å². The topological polar surface area (TPSA) is 0 Å². The molecule has 80 valence electrons. The van der Waals surface area contributed by atoms with Crippen LogP contribution in [0.4, 0.5) is 0 Å². The minimum absolute atomic E-state index is 0.443. The third-order valence-electron chi connectivity index (χ3n) is 4.38. The first-order valence-corrected chi connectivity index (χ1v) is 5.71. The first-order valence-electron chi connectivity index (χ1n) is 5.71. The van der Waals surface area contributed by atoms with Gasteiger partial charge in [-0.15, -0.1) is 0 Å². The van der Waals surface area contributed by atoms with Crippen LogP contribution in [0, 0.1) is 16.2 Å². The zero-order valence-corrected chi connectivity index (χ0v) is 10.9. The minimum Gasteiger partial charge on any atom is -0.0683 e. The van der Waals surface area contributed by atoms with E-state index in [1.54, 1.807) is 0 Å². The van der Waals surface area contributed by atoms with Gasteiger partial charge in [-0.1, -0.05) is 55.4 Å². The van der Waals surface area contributed by atoms with Gasteiger partial charge in [0.05, 0.1) is 0 Å². The Morgan fingerprint density at radius 1 is 0.846 bits per heavy atom. The largest absolute Gasteiger partial charge is 0.0683 e. The SMILES string of the molecule is CC.CC(C)(C)C(C)(C)C1(C)CC1. The van der Waals surface area contributed by atoms with Crippen molar-refractivity contribution in [2.24, 2.45) is 16.2 Å². The van der Waals surface area contributed by atoms with Crippen molar-refractivity contribution in [2.45, 2.75) is 68.2 Å². The van der Waals surface area contributed by atoms with Crippen LogP contribution in [0.2, 0.25) is 0 Å². The van der Waals surface area contributed by atoms with Gasteiger partial charge in [-0.25, -0.2) is 0 Å². The maximum atomic E-state index is 2.43. The van der Waals surface area contributed by atoms with E-state index >= 15 is 0 Å². The molecule has 13 heavy (non-hydrogen) atoms. The van der Waals surface area contributed by atoms with Gasteiger partial charge in [0.1, 0.15) is 0 Å². The van der Waals surface area contributed by atoms with Gasteiger partial charge in [0.25, 0.3) is 0 Å². The summed E-state index contributed by atoms with van der Waals surface area (Å²) in [5, 5.41) is 0. The van der Waals surface area contributed by atoms with Gasteiger partial charge in [-0.2, -0.15) is 0 Å². The van der Waals surface area contributed by atoms with E-state index in [2.05, 4.69) is 41.5 Å². The summed E-state index contributed by atoms with van der Waals surface area (Å²) < 4.78 is 0. The molecule has 0 N–H and O–H groups in total. The standard InChI is InChI=1S/C11H22.C2H6/c1-9(2,3)10(4,5)11(6)7-8-11;1-2/h7-8H2,1-6H3;1-2H3. The highest BCUT2D eigenvalue weighted by atomic mass is 14.6. The van der Waals surface area contributed by atoms with Crippen molar-refractivity contribution in [1.29, 1.82) is 0 Å². The molecule has 0 aromatic rings. The second kappa shape index (κ2) is 3.63. The predicted molar refractivity (Wildman–Crippen MR) is 61.9 cm³/mol. The number of hydrogen-bond donors (Lipinski definition) is 0. The monoisotopic (exact) mass is 184 g/mol. The van der Waals surface area contributed by atoms with Crippen LogP contribution in [0.25, 0.3) is 0 Å². The third-order valence-corrected chi connectivity index (χ3v) is 4.38. The van der Waals surface area contributed by atoms with Crippen LogP contribution >= 0.6 is 0 Å². The molecule has 0 heteroatoms. The van der Waals surface area contributed by atoms with Crippen LogP contribution < -0.4 is 0 Å². The average molecular weight is 184 g/mol. The number of rotatable bonds is 1. The van der Waals surface area contributed by atoms with Gasteiger partial charge in [-0.05, 0) is 29.1 Å². The minimum atomic E-state index is 0.443. The molecular weight excluding hydrogens is 156 g/mol. The van der Waals surface area contributed by atoms with E-state index in [1.807, 2.05) is 13.8 Å². The Bertz CT molecular complexity index is 146. The molecule has 0 saturated heterocycles. The smallest absolute Gasteiger partial charge is 0.0252 e. The summed E-state index contributed by atoms with van der Waals surface area (Å²) >= 11 is 0. The molecule has 0 aliphatic heterocycles. The summed E-state index contributed by atoms with van der Waals surface area (Å²) in [6, 6.07) is 0. The van der Waals surface area contributed by atoms with Crippen LogP contribution in [0.1, 0.15) is 68.2 Å². The third kappa shape index (κ3) is 2.27. The van der Waals surface area contributed by atoms with Gasteiger partial charge in [0.2, 0.25) is 0 Å². The van der Waals surface area contributed by atoms with Crippen molar-refractivity contribution in [3.05, 3.63) is 0 Å². The van der Waals surface area contributed by atoms with Crippen LogP contribution in [-0.2, 0) is 0 Å². The van der Waals surface area contributed by atoms with Crippen molar-refractivity contribution in [3.8, 4) is 0 Å². The van der Waals surface area contributed by atoms with Crippen LogP contribution in [0.5, 0.6) is 0 Å². The molecule has 0 aromatic carbocycles. The van der Waals surface area contributed by atoms with Gasteiger partial charge in [-0.3, -0.25) is 0 Å². The fourth-order valence-electron chi connectivity index (χ4n) is 1.72. The Morgan fingerprint density at radius 3 is 1.23 bits per heavy atom. The van der Waals surface area contributed by atoms with E-state index in [0.717, 1.165) is 0 Å². The molecule has 1 aliphatic carbocycles. The zero-order valence-electron chi connectivity index (χ0n) is 10.9. The van der Waals surface area contributed by atoms with Gasteiger partial charge < -0.3 is 0 Å². The summed E-state index contributed by atoms with van der Waals surface area (Å²) in [6.07, 6.45) is 2.86. The van der Waals surface area contributed by atoms with E-state index in [1.165, 1.54) is 12.8 Å². The molecule has 0 atom stereocenters. The Hall–Kier alpha value is 0. The summed E-state index contributed by atoms with van der Waals surface area (Å²) in [7, 11) is 0. The molecule has 0 unspecified atom stereocenters. The fourth-order valence-corrected chi connectivity index (χ4v) is 1.72. The lowest BCUT2D eigenvalue weighted by molar-refractivity contribution is 0.0480. The lowest BCUT2D eigenvalue weighted by atomic mass is 9.61. The molecule has 0 aromatic heterocycles. The highest BCUT2D eigenvalue weighted by Gasteiger charge is 2.54. The lowest BCUT2D eigenvalue weighted by Crippen LogP contribution is -2.36. The van der Waals surface area contributed by atoms with Gasteiger partial charge in [0, 0.05) is 0 Å². The Kier molecular flexibility index (Phi) is 3.63. The maximum absolute atomic E-state index is 2.43. The quantitative estimate of drug-likeness (QED) is 0.544. The van der Waals surface area contributed by atoms with E-state index in [9.17, 15) is 0 Å². The lowest BCUT2D eigenvalue weighted by Gasteiger charge is -2.44. The van der Waals surface area contributed by atoms with Crippen LogP contribution in [0.3, 0.4) is 0 Å². The van der Waals surface area contributed by atoms with E-state index < -0.39 is 0 Å². The van der Waals surface area contributed by atoms with Gasteiger partial charge >= 0.3 is 0 Å². The molecule has 0 heterocycles. The second-order valence-corrected chi connectivity index (χ2v) is 5.94. The average Bonchev–Trinajstić information content (AvgIpc) is 2.71. The molecule has 0 spiro atoms. The first-order chi connectivity index (χ1) is 5.71. The van der Waals surface area contributed by atoms with E-state index in [-0.39, 0.29) is 0 Å². The van der Waals surface area contributed by atoms with E-state index in [4.69, 9.17) is 0 Å². The number of hydrogen-bond acceptors (Lipinski definition) is 0. The maximum Gasteiger partial charge on any atom is -0.0252 e. The van der Waals surface area contributed by atoms with Gasteiger partial charge in [0.15, 0.2) is 0 Å². The second-order valence-electron chi connectivity index (χ2n) is 5.94. The molecule has 0 nitrogen and oxygen atoms in total. The van der Waals surface area contributed by atoms with E-state index in [0.29, 0.717) is 16.2 Å². The predicted octanol–water partition coefficient (Wildman–Crippen LogP) is 4.89. The molecule has 1 fully saturated rings. The molecule has 0 amide bonds. The Morgan fingerprint density at radius 2 is 1.15 bits per heavy atom. The van der Waals surface area contributed by atoms with Crippen molar-refractivity contribution in [1.82, 2.24) is 0 Å². The van der Waals surface area contributed by atoms with Crippen molar-refractivity contribution in [2.75, 3.05) is 0 Å². The van der Waals surface area contributed by atoms with Crippen molar-refractivity contribution >= 4 is 0 Å². The molecule has 1 aliphatic rings. The highest BCUT2D eigenvalue weighted by molar-refractivity contribution is 5.04. The first kappa shape index (κ1) is 13.0. The van der Waals surface area contributed by atoms with Crippen molar-refractivity contribution in [3.63, 3.8) is 0 Å². The zero-order chi connectivity index (χ0) is 10.9. The summed E-state index contributed by atoms with van der Waals surface area (Å²) in [6.45, 7) is 18.3. The molecule has 1 rings (SSSR count). The highest BCUT2D eigenvalue weighted by Crippen LogP contribution is 2.64. The molecule has 1 saturated carbocycles. The summed E-state index contributed by atoms with van der Waals surface area (Å²) in [5.74, 6) is 0. The Balaban J connectivity index is 0.000000671. The summed E-state index contributed by atoms with van der Waals surface area (Å²) in [4.78, 5) is 0. The Labute approximate surface area is 85.1 Å². The van der Waals surface area contributed by atoms with Crippen LogP contribution in [-0.4, -0.2) is 0 Å². The van der Waals surface area contributed by atoms with Crippen molar-refractivity contribution < 1.29 is 0 Å².